The average Bonchev–Trinajstić information content (AvgIpc) is 2.03. The zero-order valence-corrected chi connectivity index (χ0v) is 9.02. The molecule has 1 aromatic rings. The maximum absolute atomic E-state index is 9.62. The van der Waals surface area contributed by atoms with E-state index in [-0.39, 0.29) is 5.41 Å². The Bertz CT molecular complexity index is 299. The SMILES string of the molecule is CC(C)(C)c1cc(CCl)ccc1O. The predicted molar refractivity (Wildman–Crippen MR) is 56.4 cm³/mol. The highest BCUT2D eigenvalue weighted by Crippen LogP contribution is 2.31. The number of phenolic OH excluding ortho intramolecular Hbond substituents is 1. The molecule has 2 heteroatoms. The molecule has 0 bridgehead atoms. The molecule has 0 atom stereocenters. The molecular weight excluding hydrogens is 184 g/mol. The second-order valence-corrected chi connectivity index (χ2v) is 4.50. The van der Waals surface area contributed by atoms with Crippen molar-refractivity contribution in [1.82, 2.24) is 0 Å². The van der Waals surface area contributed by atoms with Crippen molar-refractivity contribution < 1.29 is 5.11 Å². The number of halogens is 1. The van der Waals surface area contributed by atoms with E-state index in [2.05, 4.69) is 20.8 Å². The van der Waals surface area contributed by atoms with E-state index in [0.717, 1.165) is 11.1 Å². The molecule has 1 N–H and O–H groups in total. The monoisotopic (exact) mass is 198 g/mol. The highest BCUT2D eigenvalue weighted by Gasteiger charge is 2.17. The Morgan fingerprint density at radius 3 is 2.38 bits per heavy atom. The van der Waals surface area contributed by atoms with Crippen molar-refractivity contribution in [3.8, 4) is 5.75 Å². The zero-order chi connectivity index (χ0) is 10.1. The molecule has 0 aliphatic heterocycles. The molecule has 0 aliphatic carbocycles. The van der Waals surface area contributed by atoms with Crippen molar-refractivity contribution in [2.75, 3.05) is 0 Å². The first-order chi connectivity index (χ1) is 5.95. The number of benzene rings is 1. The maximum atomic E-state index is 9.62. The van der Waals surface area contributed by atoms with Gasteiger partial charge in [-0.1, -0.05) is 32.9 Å². The molecule has 0 aliphatic rings. The third-order valence-electron chi connectivity index (χ3n) is 2.02. The van der Waals surface area contributed by atoms with Crippen molar-refractivity contribution in [3.63, 3.8) is 0 Å². The summed E-state index contributed by atoms with van der Waals surface area (Å²) in [6.45, 7) is 6.21. The fourth-order valence-corrected chi connectivity index (χ4v) is 1.43. The molecule has 0 spiro atoms. The summed E-state index contributed by atoms with van der Waals surface area (Å²) >= 11 is 5.72. The van der Waals surface area contributed by atoms with E-state index < -0.39 is 0 Å². The van der Waals surface area contributed by atoms with E-state index in [9.17, 15) is 5.11 Å². The lowest BCUT2D eigenvalue weighted by Crippen LogP contribution is -2.11. The van der Waals surface area contributed by atoms with E-state index in [1.807, 2.05) is 12.1 Å². The molecule has 13 heavy (non-hydrogen) atoms. The van der Waals surface area contributed by atoms with Crippen LogP contribution in [0.3, 0.4) is 0 Å². The van der Waals surface area contributed by atoms with E-state index in [1.54, 1.807) is 6.07 Å². The lowest BCUT2D eigenvalue weighted by atomic mass is 9.85. The van der Waals surface area contributed by atoms with Crippen molar-refractivity contribution in [2.45, 2.75) is 32.1 Å². The Kier molecular flexibility index (Phi) is 2.87. The summed E-state index contributed by atoms with van der Waals surface area (Å²) < 4.78 is 0. The van der Waals surface area contributed by atoms with Gasteiger partial charge in [-0.05, 0) is 22.6 Å². The van der Waals surface area contributed by atoms with Gasteiger partial charge in [0.25, 0.3) is 0 Å². The zero-order valence-electron chi connectivity index (χ0n) is 8.26. The van der Waals surface area contributed by atoms with Crippen LogP contribution in [0.15, 0.2) is 18.2 Å². The molecule has 0 unspecified atom stereocenters. The Labute approximate surface area is 84.4 Å². The second kappa shape index (κ2) is 3.59. The summed E-state index contributed by atoms with van der Waals surface area (Å²) in [5.74, 6) is 0.838. The highest BCUT2D eigenvalue weighted by molar-refractivity contribution is 6.17. The Balaban J connectivity index is 3.19. The van der Waals surface area contributed by atoms with Crippen molar-refractivity contribution in [2.24, 2.45) is 0 Å². The summed E-state index contributed by atoms with van der Waals surface area (Å²) in [7, 11) is 0. The first-order valence-corrected chi connectivity index (χ1v) is 4.87. The number of hydrogen-bond donors (Lipinski definition) is 1. The minimum Gasteiger partial charge on any atom is -0.508 e. The van der Waals surface area contributed by atoms with Crippen LogP contribution in [0, 0.1) is 0 Å². The maximum Gasteiger partial charge on any atom is 0.119 e. The van der Waals surface area contributed by atoms with Gasteiger partial charge in [0.05, 0.1) is 0 Å². The van der Waals surface area contributed by atoms with E-state index >= 15 is 0 Å². The molecule has 1 nitrogen and oxygen atoms in total. The van der Waals surface area contributed by atoms with Crippen LogP contribution in [-0.2, 0) is 11.3 Å². The lowest BCUT2D eigenvalue weighted by molar-refractivity contribution is 0.446. The number of hydrogen-bond acceptors (Lipinski definition) is 1. The van der Waals surface area contributed by atoms with Crippen molar-refractivity contribution >= 4 is 11.6 Å². The molecule has 1 rings (SSSR count). The topological polar surface area (TPSA) is 20.2 Å². The normalized spacial score (nSPS) is 11.7. The number of rotatable bonds is 1. The molecule has 1 aromatic carbocycles. The lowest BCUT2D eigenvalue weighted by Gasteiger charge is -2.20. The molecule has 0 saturated carbocycles. The summed E-state index contributed by atoms with van der Waals surface area (Å²) in [5.41, 5.74) is 1.96. The minimum absolute atomic E-state index is 0.0356. The third kappa shape index (κ3) is 2.38. The van der Waals surface area contributed by atoms with Gasteiger partial charge in [-0.3, -0.25) is 0 Å². The van der Waals surface area contributed by atoms with Crippen LogP contribution in [0.2, 0.25) is 0 Å². The number of alkyl halides is 1. The van der Waals surface area contributed by atoms with Gasteiger partial charge in [-0.25, -0.2) is 0 Å². The van der Waals surface area contributed by atoms with Crippen LogP contribution in [-0.4, -0.2) is 5.11 Å². The smallest absolute Gasteiger partial charge is 0.119 e. The van der Waals surface area contributed by atoms with Crippen LogP contribution in [0.5, 0.6) is 5.75 Å². The summed E-state index contributed by atoms with van der Waals surface area (Å²) in [4.78, 5) is 0. The largest absolute Gasteiger partial charge is 0.508 e. The van der Waals surface area contributed by atoms with Crippen LogP contribution in [0.4, 0.5) is 0 Å². The molecule has 0 saturated heterocycles. The molecule has 72 valence electrons. The first-order valence-electron chi connectivity index (χ1n) is 4.33. The molecule has 0 fully saturated rings. The minimum atomic E-state index is -0.0356. The third-order valence-corrected chi connectivity index (χ3v) is 2.33. The average molecular weight is 199 g/mol. The van der Waals surface area contributed by atoms with Crippen molar-refractivity contribution in [3.05, 3.63) is 29.3 Å². The van der Waals surface area contributed by atoms with Crippen LogP contribution in [0.25, 0.3) is 0 Å². The standard InChI is InChI=1S/C11H15ClO/c1-11(2,3)9-6-8(7-12)4-5-10(9)13/h4-6,13H,7H2,1-3H3. The quantitative estimate of drug-likeness (QED) is 0.686. The van der Waals surface area contributed by atoms with E-state index in [0.29, 0.717) is 11.6 Å². The van der Waals surface area contributed by atoms with Crippen LogP contribution < -0.4 is 0 Å². The fraction of sp³-hybridized carbons (Fsp3) is 0.455. The van der Waals surface area contributed by atoms with E-state index in [4.69, 9.17) is 11.6 Å². The van der Waals surface area contributed by atoms with E-state index in [1.165, 1.54) is 0 Å². The number of aromatic hydroxyl groups is 1. The van der Waals surface area contributed by atoms with Gasteiger partial charge in [0.1, 0.15) is 5.75 Å². The Hall–Kier alpha value is -0.690. The molecule has 0 heterocycles. The summed E-state index contributed by atoms with van der Waals surface area (Å²) in [5, 5.41) is 9.62. The van der Waals surface area contributed by atoms with Gasteiger partial charge in [-0.2, -0.15) is 0 Å². The first kappa shape index (κ1) is 10.4. The predicted octanol–water partition coefficient (Wildman–Crippen LogP) is 3.43. The second-order valence-electron chi connectivity index (χ2n) is 4.24. The molecular formula is C11H15ClO. The highest BCUT2D eigenvalue weighted by atomic mass is 35.5. The summed E-state index contributed by atoms with van der Waals surface area (Å²) in [6, 6.07) is 5.51. The number of phenols is 1. The molecule has 0 aromatic heterocycles. The Morgan fingerprint density at radius 2 is 1.92 bits per heavy atom. The van der Waals surface area contributed by atoms with Gasteiger partial charge < -0.3 is 5.11 Å². The van der Waals surface area contributed by atoms with Gasteiger partial charge in [0, 0.05) is 5.88 Å². The van der Waals surface area contributed by atoms with Crippen LogP contribution in [0.1, 0.15) is 31.9 Å². The van der Waals surface area contributed by atoms with Gasteiger partial charge in [0.15, 0.2) is 0 Å². The Morgan fingerprint density at radius 1 is 1.31 bits per heavy atom. The van der Waals surface area contributed by atoms with Gasteiger partial charge in [0.2, 0.25) is 0 Å². The van der Waals surface area contributed by atoms with Gasteiger partial charge in [-0.15, -0.1) is 11.6 Å². The summed E-state index contributed by atoms with van der Waals surface area (Å²) in [6.07, 6.45) is 0. The molecule has 0 amide bonds. The van der Waals surface area contributed by atoms with Crippen molar-refractivity contribution in [1.29, 1.82) is 0 Å². The fourth-order valence-electron chi connectivity index (χ4n) is 1.27. The van der Waals surface area contributed by atoms with Crippen LogP contribution >= 0.6 is 11.6 Å². The van der Waals surface area contributed by atoms with Gasteiger partial charge >= 0.3 is 0 Å². The molecule has 0 radical (unpaired) electrons.